The highest BCUT2D eigenvalue weighted by Crippen LogP contribution is 2.58. The van der Waals surface area contributed by atoms with Gasteiger partial charge in [0.1, 0.15) is 6.04 Å². The van der Waals surface area contributed by atoms with E-state index in [1.54, 1.807) is 36.1 Å². The Balaban J connectivity index is 0.00000225. The van der Waals surface area contributed by atoms with Crippen LogP contribution in [0.25, 0.3) is 0 Å². The molecule has 28 heavy (non-hydrogen) atoms. The minimum atomic E-state index is -0.413. The van der Waals surface area contributed by atoms with Crippen LogP contribution in [0.3, 0.4) is 0 Å². The topological polar surface area (TPSA) is 88.0 Å². The molecule has 0 bridgehead atoms. The lowest BCUT2D eigenvalue weighted by molar-refractivity contribution is -0.119. The smallest absolute Gasteiger partial charge is 0.248 e. The van der Waals surface area contributed by atoms with Crippen LogP contribution in [0, 0.1) is 11.3 Å². The lowest BCUT2D eigenvalue weighted by Gasteiger charge is -2.23. The van der Waals surface area contributed by atoms with Crippen LogP contribution < -0.4 is 16.0 Å². The summed E-state index contributed by atoms with van der Waals surface area (Å²) in [5.41, 5.74) is 1.57. The summed E-state index contributed by atoms with van der Waals surface area (Å²) in [7, 11) is 0. The maximum atomic E-state index is 12.6. The highest BCUT2D eigenvalue weighted by Gasteiger charge is 2.57. The largest absolute Gasteiger partial charge is 0.326 e. The van der Waals surface area contributed by atoms with Crippen LogP contribution in [0.2, 0.25) is 0 Å². The summed E-state index contributed by atoms with van der Waals surface area (Å²) in [6, 6.07) is 8.66. The van der Waals surface area contributed by atoms with Gasteiger partial charge in [-0.3, -0.25) is 14.3 Å². The summed E-state index contributed by atoms with van der Waals surface area (Å²) in [4.78, 5) is 25.0. The number of carbonyl (C=O) groups excluding carboxylic acids is 2. The molecule has 2 aliphatic rings. The normalized spacial score (nSPS) is 20.7. The van der Waals surface area contributed by atoms with E-state index in [1.807, 2.05) is 18.2 Å². The summed E-state index contributed by atoms with van der Waals surface area (Å²) >= 11 is 0. The van der Waals surface area contributed by atoms with E-state index in [0.29, 0.717) is 11.4 Å². The van der Waals surface area contributed by atoms with Gasteiger partial charge in [-0.05, 0) is 69.0 Å². The molecule has 1 aliphatic carbocycles. The molecule has 3 N–H and O–H groups in total. The van der Waals surface area contributed by atoms with Crippen molar-refractivity contribution in [1.82, 2.24) is 15.1 Å². The van der Waals surface area contributed by atoms with Gasteiger partial charge in [0, 0.05) is 29.7 Å². The Kier molecular flexibility index (Phi) is 6.05. The first-order valence-corrected chi connectivity index (χ1v) is 9.49. The van der Waals surface area contributed by atoms with Crippen LogP contribution in [0.15, 0.2) is 42.7 Å². The maximum absolute atomic E-state index is 12.6. The summed E-state index contributed by atoms with van der Waals surface area (Å²) in [6.45, 7) is 3.79. The van der Waals surface area contributed by atoms with Crippen molar-refractivity contribution in [1.29, 1.82) is 0 Å². The van der Waals surface area contributed by atoms with E-state index >= 15 is 0 Å². The Hall–Kier alpha value is -2.38. The van der Waals surface area contributed by atoms with Crippen molar-refractivity contribution in [2.75, 3.05) is 23.7 Å². The first-order valence-electron chi connectivity index (χ1n) is 9.49. The fourth-order valence-corrected chi connectivity index (χ4v) is 3.98. The van der Waals surface area contributed by atoms with Crippen LogP contribution in [0.1, 0.15) is 32.2 Å². The van der Waals surface area contributed by atoms with Crippen LogP contribution in [0.4, 0.5) is 11.4 Å². The second kappa shape index (κ2) is 8.32. The summed E-state index contributed by atoms with van der Waals surface area (Å²) in [6.07, 6.45) is 6.54. The number of amides is 2. The van der Waals surface area contributed by atoms with Crippen molar-refractivity contribution in [2.45, 2.75) is 32.2 Å². The zero-order valence-corrected chi connectivity index (χ0v) is 16.7. The number of nitrogens with zero attached hydrogens (tertiary/aromatic N) is 2. The number of piperidine rings is 1. The molecule has 2 aromatic rings. The van der Waals surface area contributed by atoms with Crippen LogP contribution >= 0.6 is 12.4 Å². The number of anilines is 2. The molecule has 4 rings (SSSR count). The SMILES string of the molecule is CC(C(=O)Nc1cccc(NC(=O)C2CC23CCNCC3)c1)n1cccn1.Cl. The van der Waals surface area contributed by atoms with Gasteiger partial charge in [0.2, 0.25) is 11.8 Å². The first kappa shape index (κ1) is 20.4. The zero-order chi connectivity index (χ0) is 18.9. The summed E-state index contributed by atoms with van der Waals surface area (Å²) in [5.74, 6) is 0.0426. The molecule has 1 aromatic carbocycles. The Morgan fingerprint density at radius 1 is 1.21 bits per heavy atom. The van der Waals surface area contributed by atoms with E-state index in [-0.39, 0.29) is 35.6 Å². The molecule has 1 spiro atoms. The molecular weight excluding hydrogens is 378 g/mol. The van der Waals surface area contributed by atoms with Crippen LogP contribution in [-0.4, -0.2) is 34.7 Å². The van der Waals surface area contributed by atoms with Crippen molar-refractivity contribution >= 4 is 35.6 Å². The molecule has 0 radical (unpaired) electrons. The monoisotopic (exact) mass is 403 g/mol. The Morgan fingerprint density at radius 3 is 2.61 bits per heavy atom. The predicted octanol–water partition coefficient (Wildman–Crippen LogP) is 2.83. The fourth-order valence-electron chi connectivity index (χ4n) is 3.98. The molecule has 1 saturated carbocycles. The fraction of sp³-hybridized carbons (Fsp3) is 0.450. The van der Waals surface area contributed by atoms with E-state index < -0.39 is 6.04 Å². The molecule has 1 aromatic heterocycles. The number of hydrogen-bond donors (Lipinski definition) is 3. The molecule has 2 fully saturated rings. The molecule has 2 atom stereocenters. The Bertz CT molecular complexity index is 833. The number of nitrogens with one attached hydrogen (secondary N) is 3. The third kappa shape index (κ3) is 4.20. The molecular formula is C20H26ClN5O2. The number of rotatable bonds is 5. The first-order chi connectivity index (χ1) is 13.1. The van der Waals surface area contributed by atoms with Gasteiger partial charge in [0.25, 0.3) is 0 Å². The Morgan fingerprint density at radius 2 is 1.93 bits per heavy atom. The average molecular weight is 404 g/mol. The lowest BCUT2D eigenvalue weighted by atomic mass is 9.92. The highest BCUT2D eigenvalue weighted by atomic mass is 35.5. The number of aromatic nitrogens is 2. The van der Waals surface area contributed by atoms with E-state index in [2.05, 4.69) is 21.0 Å². The van der Waals surface area contributed by atoms with Gasteiger partial charge in [-0.2, -0.15) is 5.10 Å². The standard InChI is InChI=1S/C20H25N5O2.ClH/c1-14(25-11-3-8-22-25)18(26)23-15-4-2-5-16(12-15)24-19(27)17-13-20(17)6-9-21-10-7-20;/h2-5,8,11-12,14,17,21H,6-7,9-10,13H2,1H3,(H,23,26)(H,24,27);1H. The Labute approximate surface area is 170 Å². The average Bonchev–Trinajstić information content (AvgIpc) is 3.10. The molecule has 8 heteroatoms. The maximum Gasteiger partial charge on any atom is 0.248 e. The van der Waals surface area contributed by atoms with Gasteiger partial charge < -0.3 is 16.0 Å². The van der Waals surface area contributed by atoms with Gasteiger partial charge in [0.15, 0.2) is 0 Å². The minimum Gasteiger partial charge on any atom is -0.326 e. The molecule has 7 nitrogen and oxygen atoms in total. The van der Waals surface area contributed by atoms with Crippen molar-refractivity contribution in [3.05, 3.63) is 42.7 Å². The van der Waals surface area contributed by atoms with Crippen LogP contribution in [0.5, 0.6) is 0 Å². The van der Waals surface area contributed by atoms with E-state index in [4.69, 9.17) is 0 Å². The van der Waals surface area contributed by atoms with Crippen molar-refractivity contribution in [3.63, 3.8) is 0 Å². The molecule has 1 saturated heterocycles. The van der Waals surface area contributed by atoms with E-state index in [1.165, 1.54) is 0 Å². The number of carbonyl (C=O) groups is 2. The highest BCUT2D eigenvalue weighted by molar-refractivity contribution is 5.97. The van der Waals surface area contributed by atoms with E-state index in [9.17, 15) is 9.59 Å². The van der Waals surface area contributed by atoms with Crippen molar-refractivity contribution in [3.8, 4) is 0 Å². The second-order valence-corrected chi connectivity index (χ2v) is 7.59. The molecule has 1 aliphatic heterocycles. The second-order valence-electron chi connectivity index (χ2n) is 7.59. The lowest BCUT2D eigenvalue weighted by Crippen LogP contribution is -2.31. The number of halogens is 1. The summed E-state index contributed by atoms with van der Waals surface area (Å²) in [5, 5.41) is 13.4. The number of benzene rings is 1. The third-order valence-corrected chi connectivity index (χ3v) is 5.80. The third-order valence-electron chi connectivity index (χ3n) is 5.80. The summed E-state index contributed by atoms with van der Waals surface area (Å²) < 4.78 is 1.60. The molecule has 2 amide bonds. The van der Waals surface area contributed by atoms with Gasteiger partial charge in [-0.15, -0.1) is 12.4 Å². The quantitative estimate of drug-likeness (QED) is 0.716. The van der Waals surface area contributed by atoms with Gasteiger partial charge in [-0.1, -0.05) is 6.07 Å². The molecule has 2 unspecified atom stereocenters. The van der Waals surface area contributed by atoms with Crippen molar-refractivity contribution < 1.29 is 9.59 Å². The number of hydrogen-bond acceptors (Lipinski definition) is 4. The predicted molar refractivity (Wildman–Crippen MR) is 111 cm³/mol. The van der Waals surface area contributed by atoms with Crippen LogP contribution in [-0.2, 0) is 9.59 Å². The molecule has 150 valence electrons. The van der Waals surface area contributed by atoms with Gasteiger partial charge >= 0.3 is 0 Å². The van der Waals surface area contributed by atoms with Crippen molar-refractivity contribution in [2.24, 2.45) is 11.3 Å². The zero-order valence-electron chi connectivity index (χ0n) is 15.9. The van der Waals surface area contributed by atoms with Gasteiger partial charge in [0.05, 0.1) is 0 Å². The minimum absolute atomic E-state index is 0. The van der Waals surface area contributed by atoms with Gasteiger partial charge in [-0.25, -0.2) is 0 Å². The molecule has 2 heterocycles. The van der Waals surface area contributed by atoms with E-state index in [0.717, 1.165) is 32.4 Å².